The fraction of sp³-hybridized carbons (Fsp3) is 0.353. The van der Waals surface area contributed by atoms with Gasteiger partial charge in [-0.1, -0.05) is 30.3 Å². The van der Waals surface area contributed by atoms with Gasteiger partial charge in [0.15, 0.2) is 5.76 Å². The molecule has 1 aromatic carbocycles. The summed E-state index contributed by atoms with van der Waals surface area (Å²) in [5.74, 6) is -0.207. The van der Waals surface area contributed by atoms with Gasteiger partial charge in [0.05, 0.1) is 6.07 Å². The van der Waals surface area contributed by atoms with Crippen molar-refractivity contribution in [2.24, 2.45) is 5.92 Å². The average Bonchev–Trinajstić information content (AvgIpc) is 3.28. The molecular weight excluding hydrogens is 296 g/mol. The number of hydrogen-bond donors (Lipinski definition) is 0. The molecule has 1 aliphatic rings. The molecule has 120 valence electrons. The van der Waals surface area contributed by atoms with Crippen molar-refractivity contribution in [3.05, 3.63) is 63.9 Å². The van der Waals surface area contributed by atoms with E-state index in [1.54, 1.807) is 4.90 Å². The minimum absolute atomic E-state index is 0.0140. The molecule has 23 heavy (non-hydrogen) atoms. The summed E-state index contributed by atoms with van der Waals surface area (Å²) in [5.41, 5.74) is 1.02. The first-order valence-corrected chi connectivity index (χ1v) is 7.65. The lowest BCUT2D eigenvalue weighted by Crippen LogP contribution is -2.39. The van der Waals surface area contributed by atoms with Crippen molar-refractivity contribution in [2.45, 2.75) is 32.4 Å². The summed E-state index contributed by atoms with van der Waals surface area (Å²) < 4.78 is 5.09. The first-order valence-electron chi connectivity index (χ1n) is 7.65. The van der Waals surface area contributed by atoms with Crippen molar-refractivity contribution >= 4 is 11.8 Å². The SMILES string of the molecule is CC(C1CC1)N(Cc1ccccc1)C(=O)c1ccc([N+](=O)[O-])o1. The van der Waals surface area contributed by atoms with Crippen LogP contribution in [-0.4, -0.2) is 21.8 Å². The number of furan rings is 1. The van der Waals surface area contributed by atoms with Crippen molar-refractivity contribution in [1.82, 2.24) is 4.90 Å². The normalized spacial score (nSPS) is 15.2. The van der Waals surface area contributed by atoms with Gasteiger partial charge >= 0.3 is 5.88 Å². The highest BCUT2D eigenvalue weighted by Crippen LogP contribution is 2.36. The van der Waals surface area contributed by atoms with Gasteiger partial charge in [-0.25, -0.2) is 0 Å². The molecule has 1 atom stereocenters. The molecule has 0 bridgehead atoms. The van der Waals surface area contributed by atoms with Gasteiger partial charge in [0.1, 0.15) is 4.92 Å². The van der Waals surface area contributed by atoms with E-state index in [4.69, 9.17) is 4.42 Å². The zero-order valence-corrected chi connectivity index (χ0v) is 12.8. The monoisotopic (exact) mass is 314 g/mol. The van der Waals surface area contributed by atoms with Crippen molar-refractivity contribution < 1.29 is 14.1 Å². The summed E-state index contributed by atoms with van der Waals surface area (Å²) >= 11 is 0. The first-order chi connectivity index (χ1) is 11.1. The van der Waals surface area contributed by atoms with E-state index in [-0.39, 0.29) is 17.7 Å². The summed E-state index contributed by atoms with van der Waals surface area (Å²) in [4.78, 5) is 24.6. The van der Waals surface area contributed by atoms with Gasteiger partial charge < -0.3 is 9.32 Å². The lowest BCUT2D eigenvalue weighted by molar-refractivity contribution is -0.402. The Morgan fingerprint density at radius 3 is 2.57 bits per heavy atom. The van der Waals surface area contributed by atoms with E-state index >= 15 is 0 Å². The van der Waals surface area contributed by atoms with Crippen LogP contribution in [0.25, 0.3) is 0 Å². The van der Waals surface area contributed by atoms with Gasteiger partial charge in [-0.2, -0.15) is 0 Å². The molecule has 0 N–H and O–H groups in total. The molecule has 6 heteroatoms. The summed E-state index contributed by atoms with van der Waals surface area (Å²) in [7, 11) is 0. The Labute approximate surface area is 133 Å². The van der Waals surface area contributed by atoms with Gasteiger partial charge in [0.2, 0.25) is 0 Å². The van der Waals surface area contributed by atoms with Crippen LogP contribution in [0, 0.1) is 16.0 Å². The summed E-state index contributed by atoms with van der Waals surface area (Å²) in [6.45, 7) is 2.49. The molecule has 0 radical (unpaired) electrons. The van der Waals surface area contributed by atoms with E-state index in [9.17, 15) is 14.9 Å². The van der Waals surface area contributed by atoms with Crippen LogP contribution in [0.3, 0.4) is 0 Å². The second-order valence-corrected chi connectivity index (χ2v) is 5.89. The molecule has 0 saturated heterocycles. The number of rotatable bonds is 6. The number of hydrogen-bond acceptors (Lipinski definition) is 4. The van der Waals surface area contributed by atoms with Gasteiger partial charge in [-0.15, -0.1) is 0 Å². The second kappa shape index (κ2) is 6.24. The minimum Gasteiger partial charge on any atom is -0.395 e. The third-order valence-electron chi connectivity index (χ3n) is 4.23. The topological polar surface area (TPSA) is 76.6 Å². The maximum absolute atomic E-state index is 12.8. The van der Waals surface area contributed by atoms with Crippen LogP contribution in [0.2, 0.25) is 0 Å². The van der Waals surface area contributed by atoms with Crippen LogP contribution in [0.5, 0.6) is 0 Å². The molecular formula is C17H18N2O4. The molecule has 2 aromatic rings. The molecule has 1 saturated carbocycles. The van der Waals surface area contributed by atoms with Crippen LogP contribution >= 0.6 is 0 Å². The Bertz CT molecular complexity index is 706. The molecule has 1 heterocycles. The third kappa shape index (κ3) is 3.41. The Balaban J connectivity index is 1.84. The van der Waals surface area contributed by atoms with Crippen molar-refractivity contribution in [2.75, 3.05) is 0 Å². The van der Waals surface area contributed by atoms with Crippen LogP contribution in [0.15, 0.2) is 46.9 Å². The molecule has 1 fully saturated rings. The second-order valence-electron chi connectivity index (χ2n) is 5.89. The number of benzene rings is 1. The van der Waals surface area contributed by atoms with Crippen LogP contribution in [0.4, 0.5) is 5.88 Å². The van der Waals surface area contributed by atoms with Gasteiger partial charge in [0.25, 0.3) is 5.91 Å². The van der Waals surface area contributed by atoms with Crippen molar-refractivity contribution in [1.29, 1.82) is 0 Å². The molecule has 1 unspecified atom stereocenters. The lowest BCUT2D eigenvalue weighted by atomic mass is 10.1. The van der Waals surface area contributed by atoms with Gasteiger partial charge in [-0.05, 0) is 37.3 Å². The molecule has 0 aliphatic heterocycles. The van der Waals surface area contributed by atoms with E-state index < -0.39 is 10.8 Å². The van der Waals surface area contributed by atoms with E-state index in [1.165, 1.54) is 12.1 Å². The number of nitrogens with zero attached hydrogens (tertiary/aromatic N) is 2. The fourth-order valence-electron chi connectivity index (χ4n) is 2.70. The average molecular weight is 314 g/mol. The number of amides is 1. The Kier molecular flexibility index (Phi) is 4.14. The van der Waals surface area contributed by atoms with Crippen molar-refractivity contribution in [3.63, 3.8) is 0 Å². The number of carbonyl (C=O) groups is 1. The predicted molar refractivity (Wildman–Crippen MR) is 83.9 cm³/mol. The maximum Gasteiger partial charge on any atom is 0.433 e. The zero-order valence-electron chi connectivity index (χ0n) is 12.8. The molecule has 0 spiro atoms. The van der Waals surface area contributed by atoms with E-state index in [1.807, 2.05) is 37.3 Å². The number of nitro groups is 1. The van der Waals surface area contributed by atoms with Crippen LogP contribution in [0.1, 0.15) is 35.9 Å². The third-order valence-corrected chi connectivity index (χ3v) is 4.23. The van der Waals surface area contributed by atoms with Gasteiger partial charge in [-0.3, -0.25) is 14.9 Å². The van der Waals surface area contributed by atoms with E-state index in [0.29, 0.717) is 12.5 Å². The molecule has 6 nitrogen and oxygen atoms in total. The number of carbonyl (C=O) groups excluding carboxylic acids is 1. The highest BCUT2D eigenvalue weighted by Gasteiger charge is 2.35. The van der Waals surface area contributed by atoms with E-state index in [0.717, 1.165) is 18.4 Å². The predicted octanol–water partition coefficient (Wildman–Crippen LogP) is 3.63. The van der Waals surface area contributed by atoms with E-state index in [2.05, 4.69) is 0 Å². The maximum atomic E-state index is 12.8. The Morgan fingerprint density at radius 2 is 2.00 bits per heavy atom. The van der Waals surface area contributed by atoms with Crippen LogP contribution in [-0.2, 0) is 6.54 Å². The lowest BCUT2D eigenvalue weighted by Gasteiger charge is -2.28. The Hall–Kier alpha value is -2.63. The molecule has 1 amide bonds. The van der Waals surface area contributed by atoms with Crippen LogP contribution < -0.4 is 0 Å². The molecule has 3 rings (SSSR count). The largest absolute Gasteiger partial charge is 0.433 e. The Morgan fingerprint density at radius 1 is 1.30 bits per heavy atom. The summed E-state index contributed by atoms with van der Waals surface area (Å²) in [6, 6.07) is 12.4. The highest BCUT2D eigenvalue weighted by molar-refractivity contribution is 5.92. The van der Waals surface area contributed by atoms with Gasteiger partial charge in [0, 0.05) is 12.6 Å². The first kappa shape index (κ1) is 15.3. The molecule has 1 aromatic heterocycles. The summed E-state index contributed by atoms with van der Waals surface area (Å²) in [5, 5.41) is 10.7. The summed E-state index contributed by atoms with van der Waals surface area (Å²) in [6.07, 6.45) is 2.22. The van der Waals surface area contributed by atoms with Crippen molar-refractivity contribution in [3.8, 4) is 0 Å². The zero-order chi connectivity index (χ0) is 16.4. The standard InChI is InChI=1S/C17H18N2O4/c1-12(14-7-8-14)18(11-13-5-3-2-4-6-13)17(20)15-9-10-16(23-15)19(21)22/h2-6,9-10,12,14H,7-8,11H2,1H3. The highest BCUT2D eigenvalue weighted by atomic mass is 16.6. The smallest absolute Gasteiger partial charge is 0.395 e. The molecule has 1 aliphatic carbocycles. The minimum atomic E-state index is -0.636. The fourth-order valence-corrected chi connectivity index (χ4v) is 2.70. The quantitative estimate of drug-likeness (QED) is 0.602.